The zero-order valence-electron chi connectivity index (χ0n) is 16.2. The van der Waals surface area contributed by atoms with Gasteiger partial charge in [-0.1, -0.05) is 54.6 Å². The Morgan fingerprint density at radius 2 is 1.69 bits per heavy atom. The molecule has 0 fully saturated rings. The zero-order chi connectivity index (χ0) is 19.8. The van der Waals surface area contributed by atoms with E-state index in [1.165, 1.54) is 0 Å². The number of carbonyl (C=O) groups is 1. The second-order valence-electron chi connectivity index (χ2n) is 7.24. The summed E-state index contributed by atoms with van der Waals surface area (Å²) in [5.41, 5.74) is 3.93. The molecule has 1 unspecified atom stereocenters. The maximum atomic E-state index is 13.6. The van der Waals surface area contributed by atoms with E-state index in [0.717, 1.165) is 33.7 Å². The minimum Gasteiger partial charge on any atom is -0.497 e. The van der Waals surface area contributed by atoms with Crippen molar-refractivity contribution in [1.29, 1.82) is 0 Å². The molecule has 1 aromatic heterocycles. The fourth-order valence-corrected chi connectivity index (χ4v) is 4.04. The highest BCUT2D eigenvalue weighted by Crippen LogP contribution is 2.34. The summed E-state index contributed by atoms with van der Waals surface area (Å²) in [6.45, 7) is 1.06. The Labute approximate surface area is 169 Å². The highest BCUT2D eigenvalue weighted by molar-refractivity contribution is 5.88. The molecule has 1 amide bonds. The van der Waals surface area contributed by atoms with Crippen LogP contribution < -0.4 is 4.74 Å². The number of benzene rings is 3. The van der Waals surface area contributed by atoms with Crippen LogP contribution in [0, 0.1) is 0 Å². The lowest BCUT2D eigenvalue weighted by Crippen LogP contribution is -2.42. The first-order chi connectivity index (χ1) is 14.2. The average molecular weight is 383 g/mol. The van der Waals surface area contributed by atoms with Crippen LogP contribution in [-0.2, 0) is 17.9 Å². The summed E-state index contributed by atoms with van der Waals surface area (Å²) in [4.78, 5) is 20.4. The number of aromatic nitrogens is 2. The highest BCUT2D eigenvalue weighted by atomic mass is 16.5. The summed E-state index contributed by atoms with van der Waals surface area (Å²) in [7, 11) is 1.64. The summed E-state index contributed by atoms with van der Waals surface area (Å²) in [5, 5.41) is 0. The molecule has 2 heterocycles. The number of nitrogens with zero attached hydrogens (tertiary/aromatic N) is 3. The fraction of sp³-hybridized carbons (Fsp3) is 0.167. The Balaban J connectivity index is 1.62. The molecular weight excluding hydrogens is 362 g/mol. The topological polar surface area (TPSA) is 47.4 Å². The molecule has 1 aliphatic rings. The van der Waals surface area contributed by atoms with Crippen LogP contribution in [0.2, 0.25) is 0 Å². The van der Waals surface area contributed by atoms with Gasteiger partial charge in [0, 0.05) is 6.54 Å². The van der Waals surface area contributed by atoms with Crippen LogP contribution in [0.15, 0.2) is 78.9 Å². The maximum absolute atomic E-state index is 13.6. The minimum absolute atomic E-state index is 0.0784. The van der Waals surface area contributed by atoms with E-state index in [4.69, 9.17) is 9.72 Å². The van der Waals surface area contributed by atoms with Gasteiger partial charge in [0.15, 0.2) is 0 Å². The van der Waals surface area contributed by atoms with Gasteiger partial charge in [0.25, 0.3) is 5.91 Å². The quantitative estimate of drug-likeness (QED) is 0.531. The molecular formula is C24H21N3O2. The number of para-hydroxylation sites is 2. The van der Waals surface area contributed by atoms with Crippen molar-refractivity contribution in [1.82, 2.24) is 14.5 Å². The van der Waals surface area contributed by atoms with E-state index in [2.05, 4.69) is 4.57 Å². The summed E-state index contributed by atoms with van der Waals surface area (Å²) in [6.07, 6.45) is 0. The van der Waals surface area contributed by atoms with Gasteiger partial charge < -0.3 is 14.2 Å². The van der Waals surface area contributed by atoms with Gasteiger partial charge in [0.2, 0.25) is 0 Å². The first-order valence-corrected chi connectivity index (χ1v) is 9.67. The molecule has 0 aliphatic carbocycles. The Morgan fingerprint density at radius 1 is 0.966 bits per heavy atom. The molecule has 1 atom stereocenters. The van der Waals surface area contributed by atoms with Crippen molar-refractivity contribution in [2.45, 2.75) is 19.1 Å². The summed E-state index contributed by atoms with van der Waals surface area (Å²) >= 11 is 0. The first-order valence-electron chi connectivity index (χ1n) is 9.67. The number of ether oxygens (including phenoxy) is 1. The van der Waals surface area contributed by atoms with Crippen molar-refractivity contribution in [3.05, 3.63) is 95.8 Å². The standard InChI is InChI=1S/C24H21N3O2/c1-29-19-13-11-18(12-14-19)23-24(28)26(15-17-7-3-2-4-8-17)16-22-25-20-9-5-6-10-21(20)27(22)23/h2-14,23H,15-16H2,1H3. The molecule has 5 nitrogen and oxygen atoms in total. The van der Waals surface area contributed by atoms with Crippen LogP contribution in [0.1, 0.15) is 23.0 Å². The number of hydrogen-bond acceptors (Lipinski definition) is 3. The molecule has 5 rings (SSSR count). The Morgan fingerprint density at radius 3 is 2.45 bits per heavy atom. The maximum Gasteiger partial charge on any atom is 0.251 e. The molecule has 1 aliphatic heterocycles. The smallest absolute Gasteiger partial charge is 0.251 e. The van der Waals surface area contributed by atoms with Gasteiger partial charge >= 0.3 is 0 Å². The number of carbonyl (C=O) groups excluding carboxylic acids is 1. The Kier molecular flexibility index (Phi) is 4.28. The van der Waals surface area contributed by atoms with E-state index >= 15 is 0 Å². The lowest BCUT2D eigenvalue weighted by molar-refractivity contribution is -0.136. The number of imidazole rings is 1. The van der Waals surface area contributed by atoms with Crippen LogP contribution in [-0.4, -0.2) is 27.5 Å². The van der Waals surface area contributed by atoms with E-state index in [-0.39, 0.29) is 5.91 Å². The predicted octanol–water partition coefficient (Wildman–Crippen LogP) is 4.18. The first kappa shape index (κ1) is 17.5. The summed E-state index contributed by atoms with van der Waals surface area (Å²) < 4.78 is 7.38. The second-order valence-corrected chi connectivity index (χ2v) is 7.24. The number of rotatable bonds is 4. The van der Waals surface area contributed by atoms with Crippen molar-refractivity contribution in [2.24, 2.45) is 0 Å². The normalized spacial score (nSPS) is 16.1. The Hall–Kier alpha value is -3.60. The lowest BCUT2D eigenvalue weighted by atomic mass is 10.0. The fourth-order valence-electron chi connectivity index (χ4n) is 4.04. The molecule has 144 valence electrons. The second kappa shape index (κ2) is 7.09. The van der Waals surface area contributed by atoms with Crippen LogP contribution in [0.5, 0.6) is 5.75 Å². The molecule has 0 saturated heterocycles. The minimum atomic E-state index is -0.444. The van der Waals surface area contributed by atoms with Crippen LogP contribution in [0.4, 0.5) is 0 Å². The number of amides is 1. The van der Waals surface area contributed by atoms with Crippen molar-refractivity contribution < 1.29 is 9.53 Å². The van der Waals surface area contributed by atoms with Crippen LogP contribution >= 0.6 is 0 Å². The van der Waals surface area contributed by atoms with Crippen molar-refractivity contribution >= 4 is 16.9 Å². The molecule has 0 spiro atoms. The zero-order valence-corrected chi connectivity index (χ0v) is 16.2. The van der Waals surface area contributed by atoms with Crippen molar-refractivity contribution in [2.75, 3.05) is 7.11 Å². The van der Waals surface area contributed by atoms with Gasteiger partial charge in [-0.25, -0.2) is 4.98 Å². The summed E-state index contributed by atoms with van der Waals surface area (Å²) in [6, 6.07) is 25.4. The van der Waals surface area contributed by atoms with Crippen molar-refractivity contribution in [3.63, 3.8) is 0 Å². The lowest BCUT2D eigenvalue weighted by Gasteiger charge is -2.34. The van der Waals surface area contributed by atoms with E-state index in [1.807, 2.05) is 83.8 Å². The molecule has 0 N–H and O–H groups in total. The molecule has 5 heteroatoms. The molecule has 0 saturated carbocycles. The van der Waals surface area contributed by atoms with Crippen LogP contribution in [0.3, 0.4) is 0 Å². The SMILES string of the molecule is COc1ccc(C2C(=O)N(Cc3ccccc3)Cc3nc4ccccc4n32)cc1. The van der Waals surface area contributed by atoms with E-state index in [9.17, 15) is 4.79 Å². The van der Waals surface area contributed by atoms with Gasteiger partial charge in [-0.15, -0.1) is 0 Å². The largest absolute Gasteiger partial charge is 0.497 e. The van der Waals surface area contributed by atoms with Crippen LogP contribution in [0.25, 0.3) is 11.0 Å². The molecule has 3 aromatic carbocycles. The molecule has 4 aromatic rings. The average Bonchev–Trinajstić information content (AvgIpc) is 3.13. The summed E-state index contributed by atoms with van der Waals surface area (Å²) in [5.74, 6) is 1.76. The molecule has 0 bridgehead atoms. The number of hydrogen-bond donors (Lipinski definition) is 0. The molecule has 29 heavy (non-hydrogen) atoms. The third-order valence-electron chi connectivity index (χ3n) is 5.45. The Bertz CT molecular complexity index is 1170. The highest BCUT2D eigenvalue weighted by Gasteiger charge is 2.36. The van der Waals surface area contributed by atoms with Crippen molar-refractivity contribution in [3.8, 4) is 5.75 Å². The molecule has 0 radical (unpaired) electrons. The third-order valence-corrected chi connectivity index (χ3v) is 5.45. The monoisotopic (exact) mass is 383 g/mol. The van der Waals surface area contributed by atoms with Gasteiger partial charge in [-0.05, 0) is 35.4 Å². The van der Waals surface area contributed by atoms with E-state index in [0.29, 0.717) is 13.1 Å². The van der Waals surface area contributed by atoms with E-state index < -0.39 is 6.04 Å². The number of methoxy groups -OCH3 is 1. The van der Waals surface area contributed by atoms with Gasteiger partial charge in [0.05, 0.1) is 24.7 Å². The van der Waals surface area contributed by atoms with E-state index in [1.54, 1.807) is 7.11 Å². The third kappa shape index (κ3) is 3.05. The van der Waals surface area contributed by atoms with Gasteiger partial charge in [-0.3, -0.25) is 4.79 Å². The predicted molar refractivity (Wildman–Crippen MR) is 112 cm³/mol. The number of fused-ring (bicyclic) bond motifs is 3. The van der Waals surface area contributed by atoms with Gasteiger partial charge in [-0.2, -0.15) is 0 Å². The van der Waals surface area contributed by atoms with Gasteiger partial charge in [0.1, 0.15) is 17.6 Å².